The summed E-state index contributed by atoms with van der Waals surface area (Å²) in [5.74, 6) is 0.196. The Bertz CT molecular complexity index is 1320. The molecule has 32 heavy (non-hydrogen) atoms. The van der Waals surface area contributed by atoms with Crippen LogP contribution in [0.2, 0.25) is 0 Å². The Morgan fingerprint density at radius 3 is 2.84 bits per heavy atom. The maximum absolute atomic E-state index is 11.9. The fourth-order valence-corrected chi connectivity index (χ4v) is 5.44. The zero-order valence-electron chi connectivity index (χ0n) is 17.9. The summed E-state index contributed by atoms with van der Waals surface area (Å²) in [5.41, 5.74) is 8.93. The number of pyridine rings is 2. The van der Waals surface area contributed by atoms with Crippen molar-refractivity contribution in [3.8, 4) is 17.5 Å². The molecule has 2 atom stereocenters. The molecule has 2 fully saturated rings. The molecule has 2 N–H and O–H groups in total. The van der Waals surface area contributed by atoms with Crippen molar-refractivity contribution < 1.29 is 8.42 Å². The lowest BCUT2D eigenvalue weighted by Crippen LogP contribution is -2.63. The Hall–Kier alpha value is -2.91. The van der Waals surface area contributed by atoms with Crippen molar-refractivity contribution in [2.75, 3.05) is 25.9 Å². The minimum Gasteiger partial charge on any atom is -0.262 e. The number of hydrazine groups is 1. The predicted octanol–water partition coefficient (Wildman–Crippen LogP) is 0.957. The molecular weight excluding hydrogens is 428 g/mol. The van der Waals surface area contributed by atoms with Gasteiger partial charge in [-0.1, -0.05) is 0 Å². The molecule has 0 saturated carbocycles. The van der Waals surface area contributed by atoms with Gasteiger partial charge < -0.3 is 0 Å². The standard InChI is InChI=1S/C21H24N8O2S/c1-14-16(11-24-26-14)19-10-18-15(4-3-8-23-18)20(25-19)17-5-9-29(27-17)21(6-7-22)12-28(13-21)32(2,30)31/h3-5,8-10,14,16,24,26H,6,11-13H2,1-2H3. The van der Waals surface area contributed by atoms with Crippen molar-refractivity contribution in [3.05, 3.63) is 42.4 Å². The van der Waals surface area contributed by atoms with Gasteiger partial charge in [-0.05, 0) is 31.2 Å². The molecule has 5 heterocycles. The van der Waals surface area contributed by atoms with Crippen LogP contribution >= 0.6 is 0 Å². The molecule has 2 unspecified atom stereocenters. The Morgan fingerprint density at radius 1 is 1.34 bits per heavy atom. The molecule has 3 aromatic rings. The molecule has 0 amide bonds. The number of nitrogens with one attached hydrogen (secondary N) is 2. The summed E-state index contributed by atoms with van der Waals surface area (Å²) in [6.45, 7) is 3.34. The summed E-state index contributed by atoms with van der Waals surface area (Å²) in [6, 6.07) is 10.2. The second-order valence-corrected chi connectivity index (χ2v) is 10.6. The average Bonchev–Trinajstić information content (AvgIpc) is 3.38. The highest BCUT2D eigenvalue weighted by Crippen LogP contribution is 2.35. The highest BCUT2D eigenvalue weighted by molar-refractivity contribution is 7.88. The van der Waals surface area contributed by atoms with Gasteiger partial charge in [0.1, 0.15) is 16.9 Å². The van der Waals surface area contributed by atoms with Crippen LogP contribution in [-0.2, 0) is 15.6 Å². The molecule has 3 aromatic heterocycles. The van der Waals surface area contributed by atoms with Crippen LogP contribution in [0.5, 0.6) is 0 Å². The number of nitrogens with zero attached hydrogens (tertiary/aromatic N) is 6. The largest absolute Gasteiger partial charge is 0.262 e. The summed E-state index contributed by atoms with van der Waals surface area (Å²) >= 11 is 0. The summed E-state index contributed by atoms with van der Waals surface area (Å²) in [6.07, 6.45) is 4.93. The van der Waals surface area contributed by atoms with Gasteiger partial charge in [-0.15, -0.1) is 0 Å². The molecule has 10 nitrogen and oxygen atoms in total. The van der Waals surface area contributed by atoms with Gasteiger partial charge in [0.15, 0.2) is 0 Å². The molecule has 0 radical (unpaired) electrons. The van der Waals surface area contributed by atoms with Gasteiger partial charge in [0.05, 0.1) is 24.3 Å². The molecule has 5 rings (SSSR count). The van der Waals surface area contributed by atoms with Crippen LogP contribution in [-0.4, -0.2) is 64.4 Å². The minimum atomic E-state index is -3.31. The van der Waals surface area contributed by atoms with Crippen molar-refractivity contribution >= 4 is 20.9 Å². The Labute approximate surface area is 186 Å². The molecular formula is C21H24N8O2S. The second kappa shape index (κ2) is 7.60. The molecule has 0 bridgehead atoms. The second-order valence-electron chi connectivity index (χ2n) is 8.62. The SMILES string of the molecule is CC1NNCC1c1cc2ncccc2c(-c2ccn(C3(CC#N)CN(S(C)(=O)=O)C3)n2)n1. The van der Waals surface area contributed by atoms with E-state index in [1.807, 2.05) is 30.5 Å². The molecule has 0 aromatic carbocycles. The molecule has 166 valence electrons. The fraction of sp³-hybridized carbons (Fsp3) is 0.429. The van der Waals surface area contributed by atoms with Gasteiger partial charge in [0.25, 0.3) is 0 Å². The highest BCUT2D eigenvalue weighted by atomic mass is 32.2. The summed E-state index contributed by atoms with van der Waals surface area (Å²) in [7, 11) is -3.31. The van der Waals surface area contributed by atoms with Gasteiger partial charge in [0.2, 0.25) is 10.0 Å². The Morgan fingerprint density at radius 2 is 2.16 bits per heavy atom. The number of hydrogen-bond acceptors (Lipinski definition) is 8. The monoisotopic (exact) mass is 452 g/mol. The van der Waals surface area contributed by atoms with E-state index in [9.17, 15) is 13.7 Å². The van der Waals surface area contributed by atoms with E-state index < -0.39 is 15.6 Å². The van der Waals surface area contributed by atoms with Gasteiger partial charge in [-0.2, -0.15) is 14.7 Å². The predicted molar refractivity (Wildman–Crippen MR) is 119 cm³/mol. The third-order valence-corrected chi connectivity index (χ3v) is 7.59. The normalized spacial score (nSPS) is 23.2. The summed E-state index contributed by atoms with van der Waals surface area (Å²) in [4.78, 5) is 9.52. The smallest absolute Gasteiger partial charge is 0.211 e. The van der Waals surface area contributed by atoms with Gasteiger partial charge >= 0.3 is 0 Å². The first-order chi connectivity index (χ1) is 15.3. The van der Waals surface area contributed by atoms with Crippen LogP contribution < -0.4 is 10.9 Å². The third kappa shape index (κ3) is 3.45. The van der Waals surface area contributed by atoms with E-state index in [4.69, 9.17) is 10.1 Å². The van der Waals surface area contributed by atoms with E-state index in [1.165, 1.54) is 10.6 Å². The molecule has 0 spiro atoms. The molecule has 11 heteroatoms. The quantitative estimate of drug-likeness (QED) is 0.586. The molecule has 2 saturated heterocycles. The molecule has 2 aliphatic heterocycles. The maximum Gasteiger partial charge on any atom is 0.211 e. The molecule has 0 aliphatic carbocycles. The summed E-state index contributed by atoms with van der Waals surface area (Å²) < 4.78 is 26.9. The van der Waals surface area contributed by atoms with Gasteiger partial charge in [0, 0.05) is 55.1 Å². The summed E-state index contributed by atoms with van der Waals surface area (Å²) in [5, 5.41) is 15.0. The van der Waals surface area contributed by atoms with Crippen LogP contribution in [0.25, 0.3) is 22.3 Å². The number of sulfonamides is 1. The Kier molecular flexibility index (Phi) is 4.98. The van der Waals surface area contributed by atoms with E-state index in [1.54, 1.807) is 10.9 Å². The first-order valence-corrected chi connectivity index (χ1v) is 12.3. The highest BCUT2D eigenvalue weighted by Gasteiger charge is 2.49. The number of rotatable bonds is 5. The van der Waals surface area contributed by atoms with E-state index in [0.29, 0.717) is 5.69 Å². The third-order valence-electron chi connectivity index (χ3n) is 6.39. The lowest BCUT2D eigenvalue weighted by Gasteiger charge is -2.47. The van der Waals surface area contributed by atoms with E-state index in [0.717, 1.165) is 28.8 Å². The van der Waals surface area contributed by atoms with Crippen LogP contribution in [0.15, 0.2) is 36.7 Å². The van der Waals surface area contributed by atoms with Crippen LogP contribution in [0.4, 0.5) is 0 Å². The fourth-order valence-electron chi connectivity index (χ4n) is 4.49. The van der Waals surface area contributed by atoms with E-state index >= 15 is 0 Å². The van der Waals surface area contributed by atoms with Gasteiger partial charge in [-0.25, -0.2) is 13.4 Å². The van der Waals surface area contributed by atoms with Gasteiger partial charge in [-0.3, -0.25) is 20.5 Å². The zero-order valence-corrected chi connectivity index (χ0v) is 18.7. The van der Waals surface area contributed by atoms with Crippen LogP contribution in [0.3, 0.4) is 0 Å². The first kappa shape index (κ1) is 21.0. The van der Waals surface area contributed by atoms with Crippen molar-refractivity contribution in [1.82, 2.24) is 34.9 Å². The van der Waals surface area contributed by atoms with Crippen molar-refractivity contribution in [1.29, 1.82) is 5.26 Å². The number of nitriles is 1. The zero-order chi connectivity index (χ0) is 22.5. The van der Waals surface area contributed by atoms with E-state index in [-0.39, 0.29) is 31.5 Å². The molecule has 2 aliphatic rings. The lowest BCUT2D eigenvalue weighted by molar-refractivity contribution is 0.0726. The topological polar surface area (TPSA) is 129 Å². The lowest BCUT2D eigenvalue weighted by atomic mass is 9.89. The Balaban J connectivity index is 1.56. The van der Waals surface area contributed by atoms with Crippen molar-refractivity contribution in [2.45, 2.75) is 30.8 Å². The van der Waals surface area contributed by atoms with Crippen molar-refractivity contribution in [2.24, 2.45) is 0 Å². The average molecular weight is 453 g/mol. The number of aromatic nitrogens is 4. The maximum atomic E-state index is 11.9. The van der Waals surface area contributed by atoms with Crippen LogP contribution in [0, 0.1) is 11.3 Å². The number of hydrogen-bond donors (Lipinski definition) is 2. The van der Waals surface area contributed by atoms with Crippen LogP contribution in [0.1, 0.15) is 25.0 Å². The minimum absolute atomic E-state index is 0.173. The first-order valence-electron chi connectivity index (χ1n) is 10.4. The van der Waals surface area contributed by atoms with Crippen molar-refractivity contribution in [3.63, 3.8) is 0 Å². The number of fused-ring (bicyclic) bond motifs is 1. The van der Waals surface area contributed by atoms with E-state index in [2.05, 4.69) is 28.8 Å².